The van der Waals surface area contributed by atoms with Gasteiger partial charge in [-0.25, -0.2) is 13.1 Å². The first-order valence-corrected chi connectivity index (χ1v) is 7.55. The fourth-order valence-electron chi connectivity index (χ4n) is 2.10. The van der Waals surface area contributed by atoms with Crippen molar-refractivity contribution < 1.29 is 13.2 Å². The Balaban J connectivity index is 2.74. The van der Waals surface area contributed by atoms with Crippen LogP contribution in [0.5, 0.6) is 0 Å². The van der Waals surface area contributed by atoms with Crippen LogP contribution in [0.2, 0.25) is 0 Å². The molecule has 0 aromatic rings. The Labute approximate surface area is 103 Å². The summed E-state index contributed by atoms with van der Waals surface area (Å²) in [6.07, 6.45) is 2.82. The quantitative estimate of drug-likeness (QED) is 0.701. The van der Waals surface area contributed by atoms with Gasteiger partial charge in [0.2, 0.25) is 15.9 Å². The molecule has 1 fully saturated rings. The molecule has 0 bridgehead atoms. The van der Waals surface area contributed by atoms with E-state index in [4.69, 9.17) is 5.73 Å². The van der Waals surface area contributed by atoms with E-state index in [1.165, 1.54) is 0 Å². The predicted molar refractivity (Wildman–Crippen MR) is 65.8 cm³/mol. The number of sulfonamides is 1. The van der Waals surface area contributed by atoms with Crippen molar-refractivity contribution in [3.63, 3.8) is 0 Å². The number of carbonyl (C=O) groups is 1. The van der Waals surface area contributed by atoms with Crippen LogP contribution in [0.4, 0.5) is 0 Å². The smallest absolute Gasteiger partial charge is 0.243 e. The summed E-state index contributed by atoms with van der Waals surface area (Å²) in [4.78, 5) is 13.8. The molecule has 1 rings (SSSR count). The summed E-state index contributed by atoms with van der Waals surface area (Å²) in [5.74, 6) is -0.224. The second-order valence-electron chi connectivity index (χ2n) is 5.15. The zero-order chi connectivity index (χ0) is 13.3. The molecule has 0 saturated carbocycles. The molecule has 1 amide bonds. The van der Waals surface area contributed by atoms with Crippen molar-refractivity contribution in [3.05, 3.63) is 0 Å². The third-order valence-corrected chi connectivity index (χ3v) is 3.60. The molecule has 3 N–H and O–H groups in total. The van der Waals surface area contributed by atoms with Crippen molar-refractivity contribution >= 4 is 15.9 Å². The van der Waals surface area contributed by atoms with Crippen LogP contribution in [0.3, 0.4) is 0 Å². The Bertz CT molecular complexity index is 392. The van der Waals surface area contributed by atoms with Gasteiger partial charge in [-0.1, -0.05) is 0 Å². The van der Waals surface area contributed by atoms with Gasteiger partial charge in [-0.2, -0.15) is 0 Å². The molecule has 1 unspecified atom stereocenters. The fourth-order valence-corrected chi connectivity index (χ4v) is 3.11. The van der Waals surface area contributed by atoms with E-state index in [9.17, 15) is 13.2 Å². The standard InChI is InChI=1S/C10H21N3O3S/c1-10(2,12-17(3,15)16)9(14)13-6-4-5-8(11)7-13/h8,12H,4-7,11H2,1-3H3. The number of nitrogens with two attached hydrogens (primary N) is 1. The van der Waals surface area contributed by atoms with Gasteiger partial charge in [0.15, 0.2) is 0 Å². The second-order valence-corrected chi connectivity index (χ2v) is 6.90. The normalized spacial score (nSPS) is 22.6. The van der Waals surface area contributed by atoms with E-state index in [1.807, 2.05) is 0 Å². The molecule has 1 saturated heterocycles. The van der Waals surface area contributed by atoms with Crippen molar-refractivity contribution in [1.82, 2.24) is 9.62 Å². The zero-order valence-corrected chi connectivity index (χ0v) is 11.4. The maximum Gasteiger partial charge on any atom is 0.243 e. The topological polar surface area (TPSA) is 92.5 Å². The maximum atomic E-state index is 12.2. The van der Waals surface area contributed by atoms with E-state index in [1.54, 1.807) is 18.7 Å². The summed E-state index contributed by atoms with van der Waals surface area (Å²) in [5, 5.41) is 0. The summed E-state index contributed by atoms with van der Waals surface area (Å²) in [6, 6.07) is -0.0123. The molecule has 1 aliphatic heterocycles. The number of carbonyl (C=O) groups excluding carboxylic acids is 1. The highest BCUT2D eigenvalue weighted by Gasteiger charge is 2.35. The maximum absolute atomic E-state index is 12.2. The van der Waals surface area contributed by atoms with Gasteiger partial charge in [-0.3, -0.25) is 4.79 Å². The van der Waals surface area contributed by atoms with E-state index in [0.29, 0.717) is 13.1 Å². The van der Waals surface area contributed by atoms with E-state index in [0.717, 1.165) is 19.1 Å². The number of nitrogens with zero attached hydrogens (tertiary/aromatic N) is 1. The number of hydrogen-bond donors (Lipinski definition) is 2. The van der Waals surface area contributed by atoms with Crippen LogP contribution >= 0.6 is 0 Å². The molecule has 0 spiro atoms. The monoisotopic (exact) mass is 263 g/mol. The molecule has 1 atom stereocenters. The lowest BCUT2D eigenvalue weighted by Crippen LogP contribution is -2.58. The van der Waals surface area contributed by atoms with E-state index in [-0.39, 0.29) is 11.9 Å². The lowest BCUT2D eigenvalue weighted by Gasteiger charge is -2.36. The van der Waals surface area contributed by atoms with Crippen LogP contribution in [-0.2, 0) is 14.8 Å². The van der Waals surface area contributed by atoms with Crippen LogP contribution in [0.1, 0.15) is 26.7 Å². The first-order valence-electron chi connectivity index (χ1n) is 5.66. The molecule has 100 valence electrons. The highest BCUT2D eigenvalue weighted by Crippen LogP contribution is 2.15. The summed E-state index contributed by atoms with van der Waals surface area (Å²) in [7, 11) is -3.41. The average molecular weight is 263 g/mol. The van der Waals surface area contributed by atoms with Gasteiger partial charge in [0.25, 0.3) is 0 Å². The van der Waals surface area contributed by atoms with Crippen LogP contribution < -0.4 is 10.5 Å². The molecule has 0 aromatic carbocycles. The Morgan fingerprint density at radius 1 is 1.47 bits per heavy atom. The lowest BCUT2D eigenvalue weighted by molar-refractivity contribution is -0.137. The number of nitrogens with one attached hydrogen (secondary N) is 1. The fraction of sp³-hybridized carbons (Fsp3) is 0.900. The molecule has 17 heavy (non-hydrogen) atoms. The third-order valence-electron chi connectivity index (χ3n) is 2.72. The van der Waals surface area contributed by atoms with Gasteiger partial charge in [0.1, 0.15) is 5.54 Å². The van der Waals surface area contributed by atoms with Gasteiger partial charge >= 0.3 is 0 Å². The molecule has 6 nitrogen and oxygen atoms in total. The third kappa shape index (κ3) is 4.25. The Morgan fingerprint density at radius 2 is 2.06 bits per heavy atom. The first kappa shape index (κ1) is 14.4. The number of amides is 1. The highest BCUT2D eigenvalue weighted by molar-refractivity contribution is 7.88. The van der Waals surface area contributed by atoms with Crippen molar-refractivity contribution in [2.75, 3.05) is 19.3 Å². The number of likely N-dealkylation sites (tertiary alicyclic amines) is 1. The van der Waals surface area contributed by atoms with Gasteiger partial charge in [0, 0.05) is 19.1 Å². The summed E-state index contributed by atoms with van der Waals surface area (Å²) in [5.41, 5.74) is 4.68. The summed E-state index contributed by atoms with van der Waals surface area (Å²) >= 11 is 0. The largest absolute Gasteiger partial charge is 0.340 e. The predicted octanol–water partition coefficient (Wildman–Crippen LogP) is -0.736. The number of rotatable bonds is 3. The molecular weight excluding hydrogens is 242 g/mol. The van der Waals surface area contributed by atoms with Crippen molar-refractivity contribution in [2.24, 2.45) is 5.73 Å². The van der Waals surface area contributed by atoms with E-state index in [2.05, 4.69) is 4.72 Å². The minimum Gasteiger partial charge on any atom is -0.340 e. The first-order chi connectivity index (χ1) is 7.62. The summed E-state index contributed by atoms with van der Waals surface area (Å²) in [6.45, 7) is 4.27. The molecule has 0 aliphatic carbocycles. The second kappa shape index (κ2) is 4.91. The van der Waals surface area contributed by atoms with Crippen molar-refractivity contribution in [1.29, 1.82) is 0 Å². The Hall–Kier alpha value is -0.660. The average Bonchev–Trinajstić information content (AvgIpc) is 2.12. The number of piperidine rings is 1. The van der Waals surface area contributed by atoms with Gasteiger partial charge in [-0.15, -0.1) is 0 Å². The van der Waals surface area contributed by atoms with Crippen molar-refractivity contribution in [2.45, 2.75) is 38.3 Å². The minimum absolute atomic E-state index is 0.0123. The molecule has 0 radical (unpaired) electrons. The Kier molecular flexibility index (Phi) is 4.16. The van der Waals surface area contributed by atoms with E-state index < -0.39 is 15.6 Å². The van der Waals surface area contributed by atoms with Gasteiger partial charge < -0.3 is 10.6 Å². The highest BCUT2D eigenvalue weighted by atomic mass is 32.2. The van der Waals surface area contributed by atoms with Crippen molar-refractivity contribution in [3.8, 4) is 0 Å². The molecule has 7 heteroatoms. The Morgan fingerprint density at radius 3 is 2.53 bits per heavy atom. The zero-order valence-electron chi connectivity index (χ0n) is 10.6. The van der Waals surface area contributed by atoms with Crippen LogP contribution in [-0.4, -0.2) is 50.2 Å². The SMILES string of the molecule is CC(C)(NS(C)(=O)=O)C(=O)N1CCCC(N)C1. The minimum atomic E-state index is -3.41. The number of hydrogen-bond acceptors (Lipinski definition) is 4. The molecule has 1 heterocycles. The lowest BCUT2D eigenvalue weighted by atomic mass is 10.0. The van der Waals surface area contributed by atoms with Crippen LogP contribution in [0.15, 0.2) is 0 Å². The molecule has 1 aliphatic rings. The van der Waals surface area contributed by atoms with Gasteiger partial charge in [0.05, 0.1) is 6.26 Å². The van der Waals surface area contributed by atoms with Crippen LogP contribution in [0.25, 0.3) is 0 Å². The van der Waals surface area contributed by atoms with Crippen LogP contribution in [0, 0.1) is 0 Å². The van der Waals surface area contributed by atoms with Gasteiger partial charge in [-0.05, 0) is 26.7 Å². The molecular formula is C10H21N3O3S. The molecule has 0 aromatic heterocycles. The van der Waals surface area contributed by atoms with E-state index >= 15 is 0 Å². The summed E-state index contributed by atoms with van der Waals surface area (Å²) < 4.78 is 24.7.